The molecular formula is C113H126Cl4N14O14S2. The zero-order valence-electron chi connectivity index (χ0n) is 83.3. The van der Waals surface area contributed by atoms with Crippen molar-refractivity contribution in [1.82, 2.24) is 68.7 Å². The molecule has 5 amide bonds. The van der Waals surface area contributed by atoms with Gasteiger partial charge in [0.2, 0.25) is 5.91 Å². The number of nitrogens with one attached hydrogen (secondary N) is 4. The van der Waals surface area contributed by atoms with Crippen molar-refractivity contribution in [3.05, 3.63) is 306 Å². The van der Waals surface area contributed by atoms with E-state index < -0.39 is 6.10 Å². The van der Waals surface area contributed by atoms with Gasteiger partial charge in [0.1, 0.15) is 65.6 Å². The number of aliphatic hydroxyl groups is 1. The van der Waals surface area contributed by atoms with Crippen LogP contribution in [0.4, 0.5) is 19.2 Å². The Kier molecular flexibility index (Phi) is 35.8. The first kappa shape index (κ1) is 105. The Balaban J connectivity index is 0.000000128. The van der Waals surface area contributed by atoms with Crippen molar-refractivity contribution in [2.45, 2.75) is 109 Å². The number of para-hydroxylation sites is 1. The third-order valence-corrected chi connectivity index (χ3v) is 30.8. The summed E-state index contributed by atoms with van der Waals surface area (Å²) in [5, 5.41) is 17.6. The third-order valence-electron chi connectivity index (χ3n) is 27.9. The highest BCUT2D eigenvalue weighted by molar-refractivity contribution is 7.99. The lowest BCUT2D eigenvalue weighted by Gasteiger charge is -2.35. The molecule has 5 N–H and O–H groups in total. The van der Waals surface area contributed by atoms with Crippen LogP contribution in [0.15, 0.2) is 219 Å². The maximum atomic E-state index is 13.4. The number of amides is 5. The van der Waals surface area contributed by atoms with E-state index >= 15 is 0 Å². The largest absolute Gasteiger partial charge is 0.494 e. The first-order valence-corrected chi connectivity index (χ1v) is 54.8. The normalized spacial score (nSPS) is 17.6. The number of benzene rings is 9. The van der Waals surface area contributed by atoms with Crippen LogP contribution in [0.2, 0.25) is 20.1 Å². The minimum Gasteiger partial charge on any atom is -0.494 e. The smallest absolute Gasteiger partial charge is 0.416 e. The van der Waals surface area contributed by atoms with Crippen LogP contribution in [-0.4, -0.2) is 278 Å². The van der Waals surface area contributed by atoms with Gasteiger partial charge in [0.25, 0.3) is 0 Å². The average molecular weight is 2110 g/mol. The van der Waals surface area contributed by atoms with E-state index in [1.165, 1.54) is 46.8 Å². The van der Waals surface area contributed by atoms with E-state index in [9.17, 15) is 29.1 Å². The SMILES string of the molecule is CCOC(=O)N1CCc2c([nH]c3ccc(Cl)cc23)C1c1ccc(OCC(O)CN2CCSCC2)cc1.CCOC(=O)N1CCc2c([nH]c3ccc(Cl)cc23)C1c1ccc(OCCCN2CCN(C(C)=O)CC2)cc1.CCOC(=O)N1CCc2c([nH]c3ccc(Cl)cc23)C1c1ccc(OCCCN2CCSCC2)cc1.O=C(Oc1ccccc1)N1CCc2c([nH]c3ccc(Cl)cc23)C1c1ccc(OCCCn2ccnc2)cc1. The zero-order chi connectivity index (χ0) is 102. The molecule has 7 aliphatic rings. The molecule has 5 unspecified atom stereocenters. The fourth-order valence-electron chi connectivity index (χ4n) is 20.7. The van der Waals surface area contributed by atoms with Crippen molar-refractivity contribution in [1.29, 1.82) is 0 Å². The van der Waals surface area contributed by atoms with E-state index in [0.717, 1.165) is 215 Å². The Labute approximate surface area is 885 Å². The molecule has 34 heteroatoms. The first-order valence-electron chi connectivity index (χ1n) is 50.9. The van der Waals surface area contributed by atoms with Crippen LogP contribution in [0.5, 0.6) is 28.7 Å². The lowest BCUT2D eigenvalue weighted by Crippen LogP contribution is -2.48. The van der Waals surface area contributed by atoms with Crippen molar-refractivity contribution in [2.24, 2.45) is 0 Å². The molecule has 0 bridgehead atoms. The maximum absolute atomic E-state index is 13.4. The van der Waals surface area contributed by atoms with Crippen LogP contribution < -0.4 is 23.7 Å². The number of imidazole rings is 1. The van der Waals surface area contributed by atoms with Gasteiger partial charge in [-0.2, -0.15) is 23.5 Å². The van der Waals surface area contributed by atoms with Gasteiger partial charge in [0, 0.05) is 234 Å². The summed E-state index contributed by atoms with van der Waals surface area (Å²) < 4.78 is 47.9. The van der Waals surface area contributed by atoms with E-state index in [2.05, 4.69) is 51.8 Å². The molecule has 0 saturated carbocycles. The van der Waals surface area contributed by atoms with Crippen LogP contribution in [-0.2, 0) is 51.2 Å². The second-order valence-electron chi connectivity index (χ2n) is 37.4. The molecular weight excluding hydrogens is 1980 g/mol. The van der Waals surface area contributed by atoms with Crippen LogP contribution in [0, 0.1) is 0 Å². The van der Waals surface area contributed by atoms with E-state index in [-0.39, 0.29) is 61.1 Å². The lowest BCUT2D eigenvalue weighted by atomic mass is 9.92. The highest BCUT2D eigenvalue weighted by Gasteiger charge is 2.41. The Hall–Kier alpha value is -12.2. The second kappa shape index (κ2) is 50.2. The number of ether oxygens (including phenoxy) is 8. The second-order valence-corrected chi connectivity index (χ2v) is 41.5. The first-order chi connectivity index (χ1) is 71.8. The van der Waals surface area contributed by atoms with Crippen molar-refractivity contribution in [2.75, 3.05) is 167 Å². The highest BCUT2D eigenvalue weighted by Crippen LogP contribution is 2.46. The molecule has 5 atom stereocenters. The Morgan fingerprint density at radius 3 is 1.06 bits per heavy atom. The molecule has 12 heterocycles. The third kappa shape index (κ3) is 25.9. The van der Waals surface area contributed by atoms with Gasteiger partial charge >= 0.3 is 24.4 Å². The fourth-order valence-corrected chi connectivity index (χ4v) is 23.4. The van der Waals surface area contributed by atoms with E-state index in [0.29, 0.717) is 110 Å². The van der Waals surface area contributed by atoms with Crippen LogP contribution in [0.25, 0.3) is 43.6 Å². The van der Waals surface area contributed by atoms with Crippen LogP contribution in [0.1, 0.15) is 138 Å². The van der Waals surface area contributed by atoms with Crippen molar-refractivity contribution in [3.8, 4) is 28.7 Å². The van der Waals surface area contributed by atoms with Gasteiger partial charge in [0.15, 0.2) is 0 Å². The van der Waals surface area contributed by atoms with Gasteiger partial charge in [-0.3, -0.25) is 34.2 Å². The Morgan fingerprint density at radius 2 is 0.721 bits per heavy atom. The zero-order valence-corrected chi connectivity index (χ0v) is 87.9. The van der Waals surface area contributed by atoms with Crippen molar-refractivity contribution >= 4 is 144 Å². The predicted molar refractivity (Wildman–Crippen MR) is 582 cm³/mol. The molecule has 5 aromatic heterocycles. The molecule has 21 rings (SSSR count). The number of piperazine rings is 1. The monoisotopic (exact) mass is 2110 g/mol. The van der Waals surface area contributed by atoms with Crippen molar-refractivity contribution in [3.63, 3.8) is 0 Å². The lowest BCUT2D eigenvalue weighted by molar-refractivity contribution is -0.130. The molecule has 28 nitrogen and oxygen atoms in total. The number of hydrogen-bond donors (Lipinski definition) is 5. The summed E-state index contributed by atoms with van der Waals surface area (Å²) in [4.78, 5) is 98.1. The number of carbonyl (C=O) groups is 5. The number of H-pyrrole nitrogens is 4. The number of nitrogens with zero attached hydrogens (tertiary/aromatic N) is 10. The molecule has 3 saturated heterocycles. The Bertz CT molecular complexity index is 6780. The van der Waals surface area contributed by atoms with Gasteiger partial charge in [-0.15, -0.1) is 0 Å². The van der Waals surface area contributed by atoms with Gasteiger partial charge in [-0.25, -0.2) is 24.2 Å². The molecule has 3 fully saturated rings. The number of aliphatic hydroxyl groups excluding tert-OH is 1. The number of rotatable bonds is 28. The number of β-amino-alcohol motifs (C(OH)–C–C–N with tert-alkyl or cyclic N) is 1. The number of aryl methyl sites for hydroxylation is 1. The predicted octanol–water partition coefficient (Wildman–Crippen LogP) is 21.9. The molecule has 14 aromatic rings. The summed E-state index contributed by atoms with van der Waals surface area (Å²) in [6.45, 7) is 23.8. The molecule has 7 aliphatic heterocycles. The fraction of sp³-hybridized carbons (Fsp3) is 0.381. The average Bonchev–Trinajstić information content (AvgIpc) is 1.62. The summed E-state index contributed by atoms with van der Waals surface area (Å²) in [7, 11) is 0. The number of fused-ring (bicyclic) bond motifs is 12. The highest BCUT2D eigenvalue weighted by atomic mass is 35.5. The molecule has 772 valence electrons. The van der Waals surface area contributed by atoms with E-state index in [4.69, 9.17) is 84.3 Å². The number of thioether (sulfide) groups is 2. The summed E-state index contributed by atoms with van der Waals surface area (Å²) >= 11 is 29.2. The van der Waals surface area contributed by atoms with E-state index in [1.807, 2.05) is 241 Å². The van der Waals surface area contributed by atoms with Gasteiger partial charge < -0.3 is 77.3 Å². The van der Waals surface area contributed by atoms with Gasteiger partial charge in [-0.1, -0.05) is 113 Å². The topological polar surface area (TPSA) is 286 Å². The maximum Gasteiger partial charge on any atom is 0.416 e. The van der Waals surface area contributed by atoms with Crippen LogP contribution in [0.3, 0.4) is 0 Å². The number of hydrogen-bond acceptors (Lipinski definition) is 20. The molecule has 0 aliphatic carbocycles. The van der Waals surface area contributed by atoms with E-state index in [1.54, 1.807) is 46.3 Å². The Morgan fingerprint density at radius 1 is 0.388 bits per heavy atom. The quantitative estimate of drug-likeness (QED) is 0.0225. The molecule has 147 heavy (non-hydrogen) atoms. The minimum absolute atomic E-state index is 0.153. The number of aromatic amines is 4. The minimum atomic E-state index is -0.536. The van der Waals surface area contributed by atoms with Gasteiger partial charge in [-0.05, 0) is 244 Å². The number of halogens is 4. The standard InChI is InChI=1S/C30H27ClN4O3.C29H35ClN4O4.C27H32ClN3O4S.C27H32ClN3O3S/c31-22-9-12-27-26(19-22)25-13-16-35(30(36)38-24-5-2-1-3-6-24)29(28(25)33-27)21-7-10-23(11-8-21)37-18-4-15-34-17-14-32-20-34;1-3-37-29(36)34-13-11-24-25-19-22(30)7-10-26(25)31-27(24)28(34)21-5-8-23(9-6-21)38-18-4-12-32-14-16-33(17-15-32)20(2)35;1-2-34-27(33)31-10-9-22-23-15-19(28)5-8-24(23)29-25(22)26(31)18-3-6-21(7-4-18)35-17-20(32)16-30-11-13-36-14-12-30;1-2-33-27(32)31-12-10-22-23-18-20(28)6-9-24(23)29-25(22)26(31)19-4-7-21(8-5-19)34-15-3-11-30-13-16-35-17-14-30/h1-3,5-12,14,17,19-20,29,33H,4,13,15-16,18H2;5-10,19,28,31H,3-4,11-18H2,1-2H3;3-8,15,20,26,29,32H,2,9-14,16-17H2,1H3;4-9,18,26,29H,2-3,10-17H2,1H3. The van der Waals surface area contributed by atoms with Crippen molar-refractivity contribution < 1.29 is 67.0 Å². The number of aromatic nitrogens is 6. The summed E-state index contributed by atoms with van der Waals surface area (Å²) in [5.41, 5.74) is 16.7. The molecule has 0 radical (unpaired) electrons. The molecule has 0 spiro atoms. The molecule has 9 aromatic carbocycles. The van der Waals surface area contributed by atoms with Gasteiger partial charge in [0.05, 0.1) is 46.0 Å². The number of carbonyl (C=O) groups excluding carboxylic acids is 5. The summed E-state index contributed by atoms with van der Waals surface area (Å²) in [6, 6.07) is 63.2. The summed E-state index contributed by atoms with van der Waals surface area (Å²) in [6.07, 6.45) is 9.39. The van der Waals surface area contributed by atoms with Crippen LogP contribution >= 0.6 is 69.9 Å². The summed E-state index contributed by atoms with van der Waals surface area (Å²) in [5.74, 6) is 8.50.